The van der Waals surface area contributed by atoms with E-state index in [1.807, 2.05) is 0 Å². The van der Waals surface area contributed by atoms with Gasteiger partial charge >= 0.3 is 0 Å². The topological polar surface area (TPSA) is 3.24 Å². The lowest BCUT2D eigenvalue weighted by Gasteiger charge is -2.30. The first kappa shape index (κ1) is 35.5. The molecule has 1 atom stereocenters. The standard InChI is InChI=1S/C56H51N/c1-3-38(2)52(34-39-25-26-41-17-13-19-44(41)33-39)53-36-54-50-23-11-6-12-24-51(50)56(37-55(54)49-22-10-5-9-21-48(49)53)57(47-32-29-42-18-14-20-45(42)35-47)46-30-27-43(28-31-46)40-15-7-4-8-16-40/h4-5,7-10,12,15-16,22,24-38H,3,6,11,13-14,17-20,23H2,1-2H3/b52-34-. The van der Waals surface area contributed by atoms with Crippen molar-refractivity contribution in [1.82, 2.24) is 0 Å². The lowest BCUT2D eigenvalue weighted by Crippen LogP contribution is -2.29. The first-order valence-corrected chi connectivity index (χ1v) is 21.5. The van der Waals surface area contributed by atoms with Gasteiger partial charge < -0.3 is 4.90 Å². The summed E-state index contributed by atoms with van der Waals surface area (Å²) in [7, 11) is 0. The Bertz CT molecular complexity index is 2790. The van der Waals surface area contributed by atoms with Crippen LogP contribution < -0.4 is 15.3 Å². The molecule has 0 aromatic heterocycles. The molecule has 0 amide bonds. The quantitative estimate of drug-likeness (QED) is 0.141. The van der Waals surface area contributed by atoms with Gasteiger partial charge in [-0.05, 0) is 184 Å². The average molecular weight is 738 g/mol. The van der Waals surface area contributed by atoms with Crippen molar-refractivity contribution in [3.8, 4) is 11.1 Å². The molecule has 280 valence electrons. The number of aryl methyl sites for hydroxylation is 5. The van der Waals surface area contributed by atoms with E-state index in [9.17, 15) is 0 Å². The summed E-state index contributed by atoms with van der Waals surface area (Å²) in [5, 5.41) is 5.14. The van der Waals surface area contributed by atoms with Crippen LogP contribution in [0, 0.1) is 5.92 Å². The van der Waals surface area contributed by atoms with Crippen LogP contribution in [0.3, 0.4) is 0 Å². The predicted molar refractivity (Wildman–Crippen MR) is 245 cm³/mol. The van der Waals surface area contributed by atoms with Gasteiger partial charge in [0.05, 0.1) is 5.69 Å². The van der Waals surface area contributed by atoms with Crippen molar-refractivity contribution < 1.29 is 0 Å². The number of allylic oxidation sites excluding steroid dienone is 5. The molecule has 0 saturated carbocycles. The van der Waals surface area contributed by atoms with Gasteiger partial charge in [0.2, 0.25) is 0 Å². The monoisotopic (exact) mass is 737 g/mol. The number of fused-ring (bicyclic) bond motifs is 7. The Morgan fingerprint density at radius 3 is 2.25 bits per heavy atom. The lowest BCUT2D eigenvalue weighted by molar-refractivity contribution is 0.719. The van der Waals surface area contributed by atoms with Crippen molar-refractivity contribution in [2.24, 2.45) is 5.92 Å². The van der Waals surface area contributed by atoms with Crippen molar-refractivity contribution in [3.05, 3.63) is 182 Å². The van der Waals surface area contributed by atoms with E-state index in [0.717, 1.165) is 32.1 Å². The van der Waals surface area contributed by atoms with E-state index in [4.69, 9.17) is 0 Å². The summed E-state index contributed by atoms with van der Waals surface area (Å²) in [6.45, 7) is 4.74. The summed E-state index contributed by atoms with van der Waals surface area (Å²) in [4.78, 5) is 2.55. The van der Waals surface area contributed by atoms with E-state index in [1.54, 1.807) is 0 Å². The smallest absolute Gasteiger partial charge is 0.0543 e. The molecular formula is C56H51N. The fourth-order valence-electron chi connectivity index (χ4n) is 9.90. The molecule has 6 aromatic rings. The fourth-order valence-corrected chi connectivity index (χ4v) is 9.90. The third kappa shape index (κ3) is 6.65. The summed E-state index contributed by atoms with van der Waals surface area (Å²) < 4.78 is 0. The summed E-state index contributed by atoms with van der Waals surface area (Å²) >= 11 is 0. The van der Waals surface area contributed by atoms with E-state index >= 15 is 0 Å². The predicted octanol–water partition coefficient (Wildman–Crippen LogP) is 13.2. The summed E-state index contributed by atoms with van der Waals surface area (Å²) in [5.41, 5.74) is 22.8. The van der Waals surface area contributed by atoms with Gasteiger partial charge in [-0.1, -0.05) is 117 Å². The molecule has 0 bridgehead atoms. The zero-order valence-corrected chi connectivity index (χ0v) is 33.5. The summed E-state index contributed by atoms with van der Waals surface area (Å²) in [6.07, 6.45) is 27.7. The fraction of sp³-hybridized carbons (Fsp3) is 0.232. The molecule has 0 spiro atoms. The SMILES string of the molecule is CCC(C)/C(=C/c1ccc2c(c1)CCC2)c1cc2c3c(c(N(c4ccc(-c5ccccc5)cc4)c4ccc5c(c4)CCC5)cc2c2c1=C=CC=CC=2)C=CCCC3. The van der Waals surface area contributed by atoms with Gasteiger partial charge in [0, 0.05) is 22.2 Å². The van der Waals surface area contributed by atoms with Gasteiger partial charge in [-0.15, -0.1) is 5.73 Å². The maximum Gasteiger partial charge on any atom is 0.0543 e. The second-order valence-electron chi connectivity index (χ2n) is 16.6. The van der Waals surface area contributed by atoms with Crippen molar-refractivity contribution in [2.45, 2.75) is 78.1 Å². The molecule has 4 aliphatic carbocycles. The Balaban J connectivity index is 1.23. The minimum atomic E-state index is 0.393. The molecule has 0 saturated heterocycles. The normalized spacial score (nSPS) is 15.9. The number of benzene rings is 6. The maximum atomic E-state index is 3.82. The van der Waals surface area contributed by atoms with Crippen molar-refractivity contribution in [1.29, 1.82) is 0 Å². The Morgan fingerprint density at radius 1 is 0.702 bits per heavy atom. The van der Waals surface area contributed by atoms with Gasteiger partial charge in [-0.25, -0.2) is 0 Å². The van der Waals surface area contributed by atoms with Crippen LogP contribution in [-0.4, -0.2) is 0 Å². The van der Waals surface area contributed by atoms with E-state index in [1.165, 1.54) is 132 Å². The van der Waals surface area contributed by atoms with Crippen LogP contribution in [0.2, 0.25) is 0 Å². The zero-order valence-electron chi connectivity index (χ0n) is 33.5. The van der Waals surface area contributed by atoms with E-state index in [0.29, 0.717) is 5.92 Å². The second-order valence-corrected chi connectivity index (χ2v) is 16.6. The highest BCUT2D eigenvalue weighted by molar-refractivity contribution is 6.00. The molecule has 0 radical (unpaired) electrons. The Kier molecular flexibility index (Phi) is 9.49. The molecule has 1 heteroatoms. The third-order valence-corrected chi connectivity index (χ3v) is 13.1. The van der Waals surface area contributed by atoms with Crippen molar-refractivity contribution in [2.75, 3.05) is 4.90 Å². The van der Waals surface area contributed by atoms with E-state index in [2.05, 4.69) is 170 Å². The van der Waals surface area contributed by atoms with Crippen molar-refractivity contribution >= 4 is 57.4 Å². The largest absolute Gasteiger partial charge is 0.310 e. The van der Waals surface area contributed by atoms with Gasteiger partial charge in [-0.3, -0.25) is 0 Å². The number of anilines is 3. The summed E-state index contributed by atoms with van der Waals surface area (Å²) in [6, 6.07) is 39.4. The minimum absolute atomic E-state index is 0.393. The van der Waals surface area contributed by atoms with Crippen molar-refractivity contribution in [3.63, 3.8) is 0 Å². The molecule has 1 nitrogen and oxygen atoms in total. The number of nitrogens with zero attached hydrogens (tertiary/aromatic N) is 1. The van der Waals surface area contributed by atoms with Crippen LogP contribution in [-0.2, 0) is 32.1 Å². The highest BCUT2D eigenvalue weighted by Gasteiger charge is 2.25. The Hall–Kier alpha value is -5.88. The zero-order chi connectivity index (χ0) is 38.3. The second kappa shape index (κ2) is 15.2. The van der Waals surface area contributed by atoms with Crippen LogP contribution in [0.15, 0.2) is 127 Å². The molecule has 0 heterocycles. The number of hydrogen-bond acceptors (Lipinski definition) is 1. The first-order valence-electron chi connectivity index (χ1n) is 21.5. The van der Waals surface area contributed by atoms with Crippen LogP contribution in [0.25, 0.3) is 51.4 Å². The highest BCUT2D eigenvalue weighted by Crippen LogP contribution is 2.44. The molecular weight excluding hydrogens is 687 g/mol. The third-order valence-electron chi connectivity index (χ3n) is 13.1. The van der Waals surface area contributed by atoms with Crippen LogP contribution >= 0.6 is 0 Å². The summed E-state index contributed by atoms with van der Waals surface area (Å²) in [5.74, 6) is 0.393. The van der Waals surface area contributed by atoms with Gasteiger partial charge in [0.15, 0.2) is 0 Å². The highest BCUT2D eigenvalue weighted by atomic mass is 15.1. The number of rotatable bonds is 8. The molecule has 57 heavy (non-hydrogen) atoms. The van der Waals surface area contributed by atoms with Crippen LogP contribution in [0.1, 0.15) is 90.5 Å². The van der Waals surface area contributed by atoms with Crippen LogP contribution in [0.5, 0.6) is 0 Å². The number of hydrogen-bond donors (Lipinski definition) is 0. The van der Waals surface area contributed by atoms with E-state index in [-0.39, 0.29) is 0 Å². The molecule has 0 N–H and O–H groups in total. The molecule has 0 aliphatic heterocycles. The lowest BCUT2D eigenvalue weighted by atomic mass is 9.84. The Morgan fingerprint density at radius 2 is 1.44 bits per heavy atom. The first-order chi connectivity index (χ1) is 28.1. The van der Waals surface area contributed by atoms with Gasteiger partial charge in [0.1, 0.15) is 0 Å². The van der Waals surface area contributed by atoms with E-state index < -0.39 is 0 Å². The van der Waals surface area contributed by atoms with Gasteiger partial charge in [-0.2, -0.15) is 0 Å². The molecule has 1 unspecified atom stereocenters. The van der Waals surface area contributed by atoms with Gasteiger partial charge in [0.25, 0.3) is 0 Å². The molecule has 6 aromatic carbocycles. The average Bonchev–Trinajstić information content (AvgIpc) is 3.76. The Labute approximate surface area is 338 Å². The molecule has 4 aliphatic rings. The molecule has 0 fully saturated rings. The molecule has 10 rings (SSSR count). The van der Waals surface area contributed by atoms with Crippen LogP contribution in [0.4, 0.5) is 17.1 Å². The minimum Gasteiger partial charge on any atom is -0.310 e. The maximum absolute atomic E-state index is 3.82.